The van der Waals surface area contributed by atoms with Crippen molar-refractivity contribution in [2.75, 3.05) is 5.73 Å². The lowest BCUT2D eigenvalue weighted by molar-refractivity contribution is 0.307. The van der Waals surface area contributed by atoms with E-state index in [2.05, 4.69) is 4.98 Å². The molecule has 0 radical (unpaired) electrons. The summed E-state index contributed by atoms with van der Waals surface area (Å²) in [7, 11) is 0. The highest BCUT2D eigenvalue weighted by Gasteiger charge is 2.08. The van der Waals surface area contributed by atoms with E-state index in [-0.39, 0.29) is 6.61 Å². The molecule has 0 unspecified atom stereocenters. The lowest BCUT2D eigenvalue weighted by Crippen LogP contribution is -2.02. The molecule has 1 heterocycles. The van der Waals surface area contributed by atoms with Crippen LogP contribution in [0.15, 0.2) is 30.5 Å². The monoisotopic (exact) mass is 293 g/mol. The first-order chi connectivity index (χ1) is 9.11. The predicted molar refractivity (Wildman–Crippen MR) is 74.2 cm³/mol. The number of hydrogen-bond donors (Lipinski definition) is 1. The van der Waals surface area contributed by atoms with Gasteiger partial charge in [0.1, 0.15) is 24.1 Å². The quantitative estimate of drug-likeness (QED) is 0.880. The number of halogens is 2. The van der Waals surface area contributed by atoms with E-state index >= 15 is 0 Å². The van der Waals surface area contributed by atoms with Crippen molar-refractivity contribution in [3.05, 3.63) is 51.8 Å². The third-order valence-corrected chi connectivity index (χ3v) is 3.16. The molecule has 1 aromatic heterocycles. The molecule has 0 bridgehead atoms. The van der Waals surface area contributed by atoms with Crippen LogP contribution in [0, 0.1) is 11.3 Å². The number of nitrogens with zero attached hydrogens (tertiary/aromatic N) is 2. The lowest BCUT2D eigenvalue weighted by Gasteiger charge is -2.10. The van der Waals surface area contributed by atoms with Crippen LogP contribution in [0.25, 0.3) is 0 Å². The van der Waals surface area contributed by atoms with Gasteiger partial charge >= 0.3 is 0 Å². The second-order valence-corrected chi connectivity index (χ2v) is 4.53. The van der Waals surface area contributed by atoms with E-state index < -0.39 is 0 Å². The summed E-state index contributed by atoms with van der Waals surface area (Å²) >= 11 is 11.7. The second-order valence-electron chi connectivity index (χ2n) is 3.72. The minimum absolute atomic E-state index is 0.179. The van der Waals surface area contributed by atoms with Gasteiger partial charge in [-0.3, -0.25) is 0 Å². The van der Waals surface area contributed by atoms with Crippen molar-refractivity contribution in [1.29, 1.82) is 5.26 Å². The molecular weight excluding hydrogens is 285 g/mol. The number of anilines is 1. The van der Waals surface area contributed by atoms with Gasteiger partial charge in [-0.2, -0.15) is 5.26 Å². The van der Waals surface area contributed by atoms with Gasteiger partial charge in [0.2, 0.25) is 0 Å². The summed E-state index contributed by atoms with van der Waals surface area (Å²) in [4.78, 5) is 3.94. The van der Waals surface area contributed by atoms with E-state index in [1.807, 2.05) is 6.07 Å². The Bertz CT molecular complexity index is 653. The van der Waals surface area contributed by atoms with E-state index in [9.17, 15) is 0 Å². The van der Waals surface area contributed by atoms with Gasteiger partial charge in [-0.15, -0.1) is 0 Å². The fourth-order valence-corrected chi connectivity index (χ4v) is 1.81. The van der Waals surface area contributed by atoms with Gasteiger partial charge in [0.05, 0.1) is 15.7 Å². The Balaban J connectivity index is 2.20. The molecule has 19 heavy (non-hydrogen) atoms. The van der Waals surface area contributed by atoms with Crippen molar-refractivity contribution in [2.24, 2.45) is 0 Å². The third-order valence-electron chi connectivity index (χ3n) is 2.43. The molecule has 0 aliphatic rings. The zero-order valence-corrected chi connectivity index (χ0v) is 11.2. The summed E-state index contributed by atoms with van der Waals surface area (Å²) in [6.07, 6.45) is 1.55. The molecule has 0 aliphatic heterocycles. The molecule has 0 saturated heterocycles. The predicted octanol–water partition coefficient (Wildman–Crippen LogP) is 3.42. The minimum atomic E-state index is 0.179. The molecule has 0 amide bonds. The van der Waals surface area contributed by atoms with Crippen LogP contribution in [0.2, 0.25) is 10.0 Å². The van der Waals surface area contributed by atoms with Crippen LogP contribution in [0.3, 0.4) is 0 Å². The molecule has 2 rings (SSSR count). The van der Waals surface area contributed by atoms with Crippen molar-refractivity contribution in [3.63, 3.8) is 0 Å². The summed E-state index contributed by atoms with van der Waals surface area (Å²) in [5, 5.41) is 9.64. The number of nitrogens with two attached hydrogens (primary N) is 1. The Morgan fingerprint density at radius 1 is 1.32 bits per heavy atom. The maximum absolute atomic E-state index is 8.92. The lowest BCUT2D eigenvalue weighted by atomic mass is 10.2. The van der Waals surface area contributed by atoms with Crippen LogP contribution in [-0.4, -0.2) is 4.98 Å². The van der Waals surface area contributed by atoms with Crippen LogP contribution in [-0.2, 0) is 6.61 Å². The van der Waals surface area contributed by atoms with Gasteiger partial charge in [-0.1, -0.05) is 29.3 Å². The summed E-state index contributed by atoms with van der Waals surface area (Å²) in [5.74, 6) is 0.419. The fourth-order valence-electron chi connectivity index (χ4n) is 1.48. The first-order valence-electron chi connectivity index (χ1n) is 5.33. The molecule has 1 aromatic carbocycles. The number of benzene rings is 1. The van der Waals surface area contributed by atoms with Crippen molar-refractivity contribution in [2.45, 2.75) is 6.61 Å². The molecule has 4 nitrogen and oxygen atoms in total. The van der Waals surface area contributed by atoms with Crippen LogP contribution in [0.5, 0.6) is 5.75 Å². The largest absolute Gasteiger partial charge is 0.487 e. The van der Waals surface area contributed by atoms with E-state index in [0.717, 1.165) is 0 Å². The number of nitrogen functional groups attached to an aromatic ring is 1. The molecule has 0 fully saturated rings. The number of hydrogen-bond acceptors (Lipinski definition) is 4. The fraction of sp³-hybridized carbons (Fsp3) is 0.0769. The number of nitriles is 1. The molecule has 96 valence electrons. The van der Waals surface area contributed by atoms with E-state index in [0.29, 0.717) is 32.7 Å². The van der Waals surface area contributed by atoms with Crippen molar-refractivity contribution >= 4 is 28.9 Å². The highest BCUT2D eigenvalue weighted by molar-refractivity contribution is 6.42. The number of aromatic nitrogens is 1. The Hall–Kier alpha value is -1.96. The maximum atomic E-state index is 8.92. The Morgan fingerprint density at radius 3 is 2.79 bits per heavy atom. The zero-order valence-electron chi connectivity index (χ0n) is 9.73. The molecular formula is C13H9Cl2N3O. The van der Waals surface area contributed by atoms with Crippen molar-refractivity contribution in [3.8, 4) is 11.8 Å². The van der Waals surface area contributed by atoms with E-state index in [1.165, 1.54) is 6.07 Å². The number of ether oxygens (including phenoxy) is 1. The van der Waals surface area contributed by atoms with Crippen LogP contribution < -0.4 is 10.5 Å². The van der Waals surface area contributed by atoms with Gasteiger partial charge in [-0.25, -0.2) is 4.98 Å². The smallest absolute Gasteiger partial charge is 0.147 e. The zero-order chi connectivity index (χ0) is 13.8. The summed E-state index contributed by atoms with van der Waals surface area (Å²) in [5.41, 5.74) is 7.16. The van der Waals surface area contributed by atoms with Crippen LogP contribution in [0.1, 0.15) is 11.3 Å². The Morgan fingerprint density at radius 2 is 2.05 bits per heavy atom. The van der Waals surface area contributed by atoms with Gasteiger partial charge in [0.15, 0.2) is 0 Å². The molecule has 0 saturated carbocycles. The van der Waals surface area contributed by atoms with Crippen LogP contribution >= 0.6 is 23.2 Å². The maximum Gasteiger partial charge on any atom is 0.147 e. The molecule has 2 aromatic rings. The topological polar surface area (TPSA) is 71.9 Å². The second kappa shape index (κ2) is 5.79. The molecule has 0 aliphatic carbocycles. The van der Waals surface area contributed by atoms with E-state index in [1.54, 1.807) is 24.4 Å². The Kier molecular flexibility index (Phi) is 4.10. The third kappa shape index (κ3) is 3.08. The minimum Gasteiger partial charge on any atom is -0.487 e. The molecule has 2 N–H and O–H groups in total. The van der Waals surface area contributed by atoms with Gasteiger partial charge in [0, 0.05) is 17.8 Å². The van der Waals surface area contributed by atoms with E-state index in [4.69, 9.17) is 38.9 Å². The van der Waals surface area contributed by atoms with Crippen molar-refractivity contribution in [1.82, 2.24) is 4.98 Å². The standard InChI is InChI=1S/C13H9Cl2N3O/c14-9-4-11(17)13(5-10(9)15)19-7-8-2-1-3-18-12(8)6-16/h1-5H,7,17H2. The van der Waals surface area contributed by atoms with Gasteiger partial charge < -0.3 is 10.5 Å². The number of pyridine rings is 1. The Labute approximate surface area is 120 Å². The SMILES string of the molecule is N#Cc1ncccc1COc1cc(Cl)c(Cl)cc1N. The average molecular weight is 294 g/mol. The normalized spacial score (nSPS) is 9.95. The molecule has 0 atom stereocenters. The van der Waals surface area contributed by atoms with Gasteiger partial charge in [0.25, 0.3) is 0 Å². The highest BCUT2D eigenvalue weighted by Crippen LogP contribution is 2.32. The van der Waals surface area contributed by atoms with Gasteiger partial charge in [-0.05, 0) is 12.1 Å². The van der Waals surface area contributed by atoms with Crippen molar-refractivity contribution < 1.29 is 4.74 Å². The summed E-state index contributed by atoms with van der Waals surface area (Å²) in [6.45, 7) is 0.179. The van der Waals surface area contributed by atoms with Crippen LogP contribution in [0.4, 0.5) is 5.69 Å². The summed E-state index contributed by atoms with van der Waals surface area (Å²) < 4.78 is 5.54. The molecule has 0 spiro atoms. The number of rotatable bonds is 3. The molecule has 6 heteroatoms. The highest BCUT2D eigenvalue weighted by atomic mass is 35.5. The summed E-state index contributed by atoms with van der Waals surface area (Å²) in [6, 6.07) is 8.56. The average Bonchev–Trinajstić information content (AvgIpc) is 2.41. The first-order valence-corrected chi connectivity index (χ1v) is 6.08. The first kappa shape index (κ1) is 13.5.